The SMILES string of the molecule is CC(C)CN(CC(=O)O)C(=O)c1cnc(N2CCC(Cc3ccccc3)CC2)nc1CCCCN. The highest BCUT2D eigenvalue weighted by Crippen LogP contribution is 2.25. The van der Waals surface area contributed by atoms with Crippen molar-refractivity contribution >= 4 is 17.8 Å². The Hall–Kier alpha value is -3.00. The van der Waals surface area contributed by atoms with E-state index in [1.54, 1.807) is 6.20 Å². The average Bonchev–Trinajstić information content (AvgIpc) is 2.84. The summed E-state index contributed by atoms with van der Waals surface area (Å²) < 4.78 is 0. The van der Waals surface area contributed by atoms with Crippen LogP contribution >= 0.6 is 0 Å². The van der Waals surface area contributed by atoms with E-state index in [1.165, 1.54) is 10.5 Å². The minimum absolute atomic E-state index is 0.149. The van der Waals surface area contributed by atoms with E-state index in [4.69, 9.17) is 10.7 Å². The third-order valence-corrected chi connectivity index (χ3v) is 6.42. The van der Waals surface area contributed by atoms with E-state index in [0.29, 0.717) is 42.6 Å². The van der Waals surface area contributed by atoms with Gasteiger partial charge in [0.1, 0.15) is 6.54 Å². The number of carboxylic acid groups (broad SMARTS) is 1. The van der Waals surface area contributed by atoms with E-state index in [-0.39, 0.29) is 18.4 Å². The molecule has 2 heterocycles. The molecule has 8 nitrogen and oxygen atoms in total. The highest BCUT2D eigenvalue weighted by atomic mass is 16.4. The summed E-state index contributed by atoms with van der Waals surface area (Å²) in [5, 5.41) is 9.32. The van der Waals surface area contributed by atoms with Crippen LogP contribution in [-0.2, 0) is 17.6 Å². The Kier molecular flexibility index (Phi) is 10.0. The van der Waals surface area contributed by atoms with Crippen LogP contribution in [0.15, 0.2) is 36.5 Å². The first-order valence-corrected chi connectivity index (χ1v) is 12.7. The molecule has 2 aromatic rings. The number of unbranched alkanes of at least 4 members (excludes halogenated alkanes) is 1. The molecular formula is C27H39N5O3. The minimum Gasteiger partial charge on any atom is -0.480 e. The van der Waals surface area contributed by atoms with Gasteiger partial charge >= 0.3 is 5.97 Å². The minimum atomic E-state index is -1.03. The Morgan fingerprint density at radius 3 is 2.51 bits per heavy atom. The standard InChI is InChI=1S/C27H39N5O3/c1-20(2)18-32(19-25(33)34)26(35)23-17-29-27(30-24(23)10-6-7-13-28)31-14-11-22(12-15-31)16-21-8-4-3-5-9-21/h3-5,8-9,17,20,22H,6-7,10-16,18-19,28H2,1-2H3,(H,33,34). The number of amides is 1. The van der Waals surface area contributed by atoms with Gasteiger partial charge in [0, 0.05) is 25.8 Å². The fourth-order valence-corrected chi connectivity index (χ4v) is 4.64. The molecule has 1 fully saturated rings. The molecule has 3 N–H and O–H groups in total. The highest BCUT2D eigenvalue weighted by Gasteiger charge is 2.26. The van der Waals surface area contributed by atoms with E-state index in [2.05, 4.69) is 34.1 Å². The molecular weight excluding hydrogens is 442 g/mol. The number of nitrogens with zero attached hydrogens (tertiary/aromatic N) is 4. The molecule has 0 bridgehead atoms. The van der Waals surface area contributed by atoms with Crippen LogP contribution in [0.25, 0.3) is 0 Å². The summed E-state index contributed by atoms with van der Waals surface area (Å²) in [6, 6.07) is 10.6. The fourth-order valence-electron chi connectivity index (χ4n) is 4.64. The van der Waals surface area contributed by atoms with Crippen molar-refractivity contribution in [2.24, 2.45) is 17.6 Å². The first kappa shape index (κ1) is 26.6. The number of benzene rings is 1. The first-order valence-electron chi connectivity index (χ1n) is 12.7. The second-order valence-corrected chi connectivity index (χ2v) is 9.87. The van der Waals surface area contributed by atoms with Crippen LogP contribution in [0.5, 0.6) is 0 Å². The van der Waals surface area contributed by atoms with Gasteiger partial charge in [-0.1, -0.05) is 44.2 Å². The topological polar surface area (TPSA) is 113 Å². The monoisotopic (exact) mass is 481 g/mol. The highest BCUT2D eigenvalue weighted by molar-refractivity contribution is 5.96. The lowest BCUT2D eigenvalue weighted by atomic mass is 9.90. The molecule has 1 amide bonds. The van der Waals surface area contributed by atoms with E-state index < -0.39 is 5.97 Å². The van der Waals surface area contributed by atoms with Crippen LogP contribution in [0.3, 0.4) is 0 Å². The molecule has 0 atom stereocenters. The van der Waals surface area contributed by atoms with E-state index in [0.717, 1.165) is 45.2 Å². The quantitative estimate of drug-likeness (QED) is 0.447. The van der Waals surface area contributed by atoms with Crippen LogP contribution < -0.4 is 10.6 Å². The summed E-state index contributed by atoms with van der Waals surface area (Å²) >= 11 is 0. The summed E-state index contributed by atoms with van der Waals surface area (Å²) in [5.74, 6) is 0.0863. The van der Waals surface area contributed by atoms with E-state index in [1.807, 2.05) is 19.9 Å². The molecule has 1 aliphatic rings. The lowest BCUT2D eigenvalue weighted by molar-refractivity contribution is -0.137. The van der Waals surface area contributed by atoms with Crippen molar-refractivity contribution in [2.45, 2.75) is 52.4 Å². The zero-order chi connectivity index (χ0) is 25.2. The summed E-state index contributed by atoms with van der Waals surface area (Å²) in [6.45, 7) is 6.29. The van der Waals surface area contributed by atoms with Gasteiger partial charge in [0.25, 0.3) is 5.91 Å². The van der Waals surface area contributed by atoms with Crippen molar-refractivity contribution in [1.82, 2.24) is 14.9 Å². The second kappa shape index (κ2) is 13.2. The van der Waals surface area contributed by atoms with Crippen LogP contribution in [0.4, 0.5) is 5.95 Å². The van der Waals surface area contributed by atoms with Crippen molar-refractivity contribution in [3.05, 3.63) is 53.3 Å². The van der Waals surface area contributed by atoms with Gasteiger partial charge in [-0.05, 0) is 62.5 Å². The van der Waals surface area contributed by atoms with Crippen molar-refractivity contribution in [3.63, 3.8) is 0 Å². The van der Waals surface area contributed by atoms with Gasteiger partial charge in [0.05, 0.1) is 11.3 Å². The molecule has 190 valence electrons. The van der Waals surface area contributed by atoms with Gasteiger partial charge in [0.15, 0.2) is 0 Å². The Labute approximate surface area is 208 Å². The molecule has 0 unspecified atom stereocenters. The van der Waals surface area contributed by atoms with Gasteiger partial charge in [-0.3, -0.25) is 9.59 Å². The lowest BCUT2D eigenvalue weighted by Crippen LogP contribution is -2.39. The Bertz CT molecular complexity index is 959. The molecule has 1 saturated heterocycles. The predicted octanol–water partition coefficient (Wildman–Crippen LogP) is 3.40. The molecule has 0 spiro atoms. The predicted molar refractivity (Wildman–Crippen MR) is 137 cm³/mol. The zero-order valence-corrected chi connectivity index (χ0v) is 21.0. The van der Waals surface area contributed by atoms with Crippen LogP contribution in [0.2, 0.25) is 0 Å². The number of hydrogen-bond acceptors (Lipinski definition) is 6. The molecule has 3 rings (SSSR count). The molecule has 8 heteroatoms. The Balaban J connectivity index is 1.74. The molecule has 0 radical (unpaired) electrons. The molecule has 0 aliphatic carbocycles. The van der Waals surface area contributed by atoms with Gasteiger partial charge in [-0.2, -0.15) is 0 Å². The van der Waals surface area contributed by atoms with Gasteiger partial charge < -0.3 is 20.6 Å². The smallest absolute Gasteiger partial charge is 0.323 e. The number of carboxylic acids is 1. The number of carbonyl (C=O) groups excluding carboxylic acids is 1. The number of aromatic nitrogens is 2. The maximum absolute atomic E-state index is 13.3. The van der Waals surface area contributed by atoms with Gasteiger partial charge in [-0.15, -0.1) is 0 Å². The normalized spacial score (nSPS) is 14.3. The third kappa shape index (κ3) is 8.02. The van der Waals surface area contributed by atoms with Crippen molar-refractivity contribution in [1.29, 1.82) is 0 Å². The maximum Gasteiger partial charge on any atom is 0.323 e. The lowest BCUT2D eigenvalue weighted by Gasteiger charge is -2.32. The Morgan fingerprint density at radius 2 is 1.89 bits per heavy atom. The summed E-state index contributed by atoms with van der Waals surface area (Å²) in [6.07, 6.45) is 7.08. The average molecular weight is 482 g/mol. The number of aryl methyl sites for hydroxylation is 1. The van der Waals surface area contributed by atoms with Crippen LogP contribution in [0, 0.1) is 11.8 Å². The van der Waals surface area contributed by atoms with Gasteiger partial charge in [0.2, 0.25) is 5.95 Å². The third-order valence-electron chi connectivity index (χ3n) is 6.42. The molecule has 1 aromatic carbocycles. The summed E-state index contributed by atoms with van der Waals surface area (Å²) in [7, 11) is 0. The van der Waals surface area contributed by atoms with Crippen molar-refractivity contribution in [3.8, 4) is 0 Å². The van der Waals surface area contributed by atoms with Crippen LogP contribution in [0.1, 0.15) is 61.1 Å². The summed E-state index contributed by atoms with van der Waals surface area (Å²) in [5.41, 5.74) is 8.13. The molecule has 1 aromatic heterocycles. The zero-order valence-electron chi connectivity index (χ0n) is 21.0. The number of nitrogens with two attached hydrogens (primary N) is 1. The number of carbonyl (C=O) groups is 2. The van der Waals surface area contributed by atoms with E-state index in [9.17, 15) is 14.7 Å². The number of aliphatic carboxylic acids is 1. The first-order chi connectivity index (χ1) is 16.9. The largest absolute Gasteiger partial charge is 0.480 e. The molecule has 0 saturated carbocycles. The van der Waals surface area contributed by atoms with E-state index >= 15 is 0 Å². The van der Waals surface area contributed by atoms with Crippen LogP contribution in [-0.4, -0.2) is 64.6 Å². The Morgan fingerprint density at radius 1 is 1.17 bits per heavy atom. The molecule has 1 aliphatic heterocycles. The second-order valence-electron chi connectivity index (χ2n) is 9.87. The maximum atomic E-state index is 13.3. The molecule has 35 heavy (non-hydrogen) atoms. The van der Waals surface area contributed by atoms with Crippen molar-refractivity contribution < 1.29 is 14.7 Å². The number of hydrogen-bond donors (Lipinski definition) is 2. The number of anilines is 1. The fraction of sp³-hybridized carbons (Fsp3) is 0.556. The summed E-state index contributed by atoms with van der Waals surface area (Å²) in [4.78, 5) is 37.7. The van der Waals surface area contributed by atoms with Crippen molar-refractivity contribution in [2.75, 3.05) is 37.6 Å². The van der Waals surface area contributed by atoms with Gasteiger partial charge in [-0.25, -0.2) is 9.97 Å². The number of rotatable bonds is 12. The number of piperidine rings is 1.